The second-order valence-electron chi connectivity index (χ2n) is 6.55. The van der Waals surface area contributed by atoms with Gasteiger partial charge in [-0.05, 0) is 56.3 Å². The van der Waals surface area contributed by atoms with Gasteiger partial charge in [-0.25, -0.2) is 0 Å². The van der Waals surface area contributed by atoms with Gasteiger partial charge in [0, 0.05) is 19.1 Å². The lowest BCUT2D eigenvalue weighted by Gasteiger charge is -2.35. The van der Waals surface area contributed by atoms with Crippen molar-refractivity contribution in [3.63, 3.8) is 0 Å². The van der Waals surface area contributed by atoms with E-state index in [0.29, 0.717) is 0 Å². The highest BCUT2D eigenvalue weighted by Crippen LogP contribution is 2.27. The van der Waals surface area contributed by atoms with E-state index < -0.39 is 0 Å². The Labute approximate surface area is 123 Å². The van der Waals surface area contributed by atoms with E-state index >= 15 is 0 Å². The maximum Gasteiger partial charge on any atom is 0.0236 e. The van der Waals surface area contributed by atoms with Gasteiger partial charge in [0.1, 0.15) is 0 Å². The number of fused-ring (bicyclic) bond motifs is 1. The van der Waals surface area contributed by atoms with Crippen LogP contribution in [0.2, 0.25) is 0 Å². The first-order chi connectivity index (χ1) is 9.86. The average Bonchev–Trinajstić information content (AvgIpc) is 2.69. The van der Waals surface area contributed by atoms with Gasteiger partial charge in [-0.1, -0.05) is 37.1 Å². The molecule has 1 aliphatic carbocycles. The Morgan fingerprint density at radius 2 is 1.90 bits per heavy atom. The summed E-state index contributed by atoms with van der Waals surface area (Å²) in [6, 6.07) is 9.76. The number of benzene rings is 1. The maximum absolute atomic E-state index is 3.55. The van der Waals surface area contributed by atoms with Crippen molar-refractivity contribution in [1.29, 1.82) is 0 Å². The van der Waals surface area contributed by atoms with Gasteiger partial charge in [0.25, 0.3) is 0 Å². The van der Waals surface area contributed by atoms with Crippen LogP contribution in [-0.2, 0) is 13.0 Å². The van der Waals surface area contributed by atoms with Crippen molar-refractivity contribution in [3.8, 4) is 0 Å². The minimum atomic E-state index is 0.738. The van der Waals surface area contributed by atoms with Crippen LogP contribution in [0.3, 0.4) is 0 Å². The Morgan fingerprint density at radius 3 is 2.75 bits per heavy atom. The molecule has 0 saturated heterocycles. The Bertz CT molecular complexity index is 429. The van der Waals surface area contributed by atoms with Crippen molar-refractivity contribution in [2.45, 2.75) is 51.1 Å². The number of hydrogen-bond acceptors (Lipinski definition) is 2. The van der Waals surface area contributed by atoms with Gasteiger partial charge in [-0.15, -0.1) is 0 Å². The van der Waals surface area contributed by atoms with E-state index in [1.54, 1.807) is 11.1 Å². The van der Waals surface area contributed by atoms with E-state index in [1.165, 1.54) is 51.6 Å². The Kier molecular flexibility index (Phi) is 4.74. The first-order valence-corrected chi connectivity index (χ1v) is 8.33. The van der Waals surface area contributed by atoms with Crippen LogP contribution in [0, 0.1) is 5.92 Å². The fraction of sp³-hybridized carbons (Fsp3) is 0.667. The lowest BCUT2D eigenvalue weighted by Crippen LogP contribution is -2.42. The lowest BCUT2D eigenvalue weighted by molar-refractivity contribution is 0.167. The van der Waals surface area contributed by atoms with Crippen molar-refractivity contribution in [3.05, 3.63) is 35.4 Å². The minimum Gasteiger partial charge on any atom is -0.317 e. The summed E-state index contributed by atoms with van der Waals surface area (Å²) in [6.45, 7) is 3.70. The molecule has 2 nitrogen and oxygen atoms in total. The van der Waals surface area contributed by atoms with Crippen LogP contribution in [0.4, 0.5) is 0 Å². The van der Waals surface area contributed by atoms with Crippen molar-refractivity contribution in [1.82, 2.24) is 10.2 Å². The summed E-state index contributed by atoms with van der Waals surface area (Å²) in [7, 11) is 2.14. The third kappa shape index (κ3) is 3.24. The molecule has 1 N–H and O–H groups in total. The highest BCUT2D eigenvalue weighted by atomic mass is 15.1. The summed E-state index contributed by atoms with van der Waals surface area (Å²) in [5.41, 5.74) is 3.13. The quantitative estimate of drug-likeness (QED) is 0.909. The molecule has 0 bridgehead atoms. The van der Waals surface area contributed by atoms with E-state index in [4.69, 9.17) is 0 Å². The standard InChI is InChI=1S/C18H28N2/c1-19-18-11-5-4-9-17(18)14-20-12-6-10-15-7-2-3-8-16(15)13-20/h2-3,7-8,17-19H,4-6,9-14H2,1H3. The molecular weight excluding hydrogens is 244 g/mol. The molecule has 0 radical (unpaired) electrons. The Hall–Kier alpha value is -0.860. The Morgan fingerprint density at radius 1 is 1.10 bits per heavy atom. The van der Waals surface area contributed by atoms with Gasteiger partial charge in [0.2, 0.25) is 0 Å². The highest BCUT2D eigenvalue weighted by molar-refractivity contribution is 5.28. The third-order valence-electron chi connectivity index (χ3n) is 5.21. The molecule has 2 aliphatic rings. The van der Waals surface area contributed by atoms with Crippen LogP contribution in [-0.4, -0.2) is 31.1 Å². The maximum atomic E-state index is 3.55. The summed E-state index contributed by atoms with van der Waals surface area (Å²) in [5.74, 6) is 0.846. The average molecular weight is 272 g/mol. The molecule has 20 heavy (non-hydrogen) atoms. The van der Waals surface area contributed by atoms with Crippen LogP contribution >= 0.6 is 0 Å². The fourth-order valence-electron chi connectivity index (χ4n) is 4.06. The fourth-order valence-corrected chi connectivity index (χ4v) is 4.06. The van der Waals surface area contributed by atoms with Crippen molar-refractivity contribution >= 4 is 0 Å². The van der Waals surface area contributed by atoms with Crippen LogP contribution in [0.5, 0.6) is 0 Å². The van der Waals surface area contributed by atoms with Crippen molar-refractivity contribution in [2.75, 3.05) is 20.1 Å². The number of aryl methyl sites for hydroxylation is 1. The molecule has 2 heteroatoms. The normalized spacial score (nSPS) is 27.9. The van der Waals surface area contributed by atoms with Gasteiger partial charge in [0.05, 0.1) is 0 Å². The summed E-state index contributed by atoms with van der Waals surface area (Å²) in [5, 5.41) is 3.55. The second-order valence-corrected chi connectivity index (χ2v) is 6.55. The lowest BCUT2D eigenvalue weighted by atomic mass is 9.84. The highest BCUT2D eigenvalue weighted by Gasteiger charge is 2.26. The van der Waals surface area contributed by atoms with Crippen LogP contribution in [0.25, 0.3) is 0 Å². The predicted molar refractivity (Wildman–Crippen MR) is 84.8 cm³/mol. The van der Waals surface area contributed by atoms with E-state index in [0.717, 1.165) is 18.5 Å². The molecule has 1 heterocycles. The van der Waals surface area contributed by atoms with E-state index in [1.807, 2.05) is 0 Å². The molecule has 0 amide bonds. The summed E-state index contributed by atoms with van der Waals surface area (Å²) >= 11 is 0. The SMILES string of the molecule is CNC1CCCCC1CN1CCCc2ccccc2C1. The van der Waals surface area contributed by atoms with Gasteiger partial charge in [-0.2, -0.15) is 0 Å². The van der Waals surface area contributed by atoms with Gasteiger partial charge in [0.15, 0.2) is 0 Å². The first-order valence-electron chi connectivity index (χ1n) is 8.33. The zero-order valence-corrected chi connectivity index (χ0v) is 12.8. The van der Waals surface area contributed by atoms with E-state index in [-0.39, 0.29) is 0 Å². The minimum absolute atomic E-state index is 0.738. The molecular formula is C18H28N2. The Balaban J connectivity index is 1.65. The molecule has 0 spiro atoms. The van der Waals surface area contributed by atoms with Gasteiger partial charge >= 0.3 is 0 Å². The van der Waals surface area contributed by atoms with Crippen molar-refractivity contribution < 1.29 is 0 Å². The molecule has 110 valence electrons. The molecule has 0 aromatic heterocycles. The summed E-state index contributed by atoms with van der Waals surface area (Å²) < 4.78 is 0. The number of hydrogen-bond donors (Lipinski definition) is 1. The molecule has 2 unspecified atom stereocenters. The predicted octanol–water partition coefficient (Wildman–Crippen LogP) is 3.21. The molecule has 1 aliphatic heterocycles. The van der Waals surface area contributed by atoms with Crippen LogP contribution in [0.1, 0.15) is 43.2 Å². The molecule has 1 fully saturated rings. The second kappa shape index (κ2) is 6.73. The third-order valence-corrected chi connectivity index (χ3v) is 5.21. The van der Waals surface area contributed by atoms with E-state index in [9.17, 15) is 0 Å². The topological polar surface area (TPSA) is 15.3 Å². The number of rotatable bonds is 3. The summed E-state index contributed by atoms with van der Waals surface area (Å²) in [6.07, 6.45) is 8.17. The van der Waals surface area contributed by atoms with Gasteiger partial charge in [-0.3, -0.25) is 4.90 Å². The van der Waals surface area contributed by atoms with E-state index in [2.05, 4.69) is 41.5 Å². The van der Waals surface area contributed by atoms with Crippen LogP contribution < -0.4 is 5.32 Å². The molecule has 3 rings (SSSR count). The zero-order valence-electron chi connectivity index (χ0n) is 12.8. The molecule has 1 aromatic rings. The summed E-state index contributed by atoms with van der Waals surface area (Å²) in [4.78, 5) is 2.70. The largest absolute Gasteiger partial charge is 0.317 e. The monoisotopic (exact) mass is 272 g/mol. The number of nitrogens with zero attached hydrogens (tertiary/aromatic N) is 1. The van der Waals surface area contributed by atoms with Crippen LogP contribution in [0.15, 0.2) is 24.3 Å². The molecule has 1 aromatic carbocycles. The first kappa shape index (κ1) is 14.1. The number of nitrogens with one attached hydrogen (secondary N) is 1. The van der Waals surface area contributed by atoms with Crippen molar-refractivity contribution in [2.24, 2.45) is 5.92 Å². The molecule has 1 saturated carbocycles. The molecule has 2 atom stereocenters. The van der Waals surface area contributed by atoms with Gasteiger partial charge < -0.3 is 5.32 Å². The zero-order chi connectivity index (χ0) is 13.8. The smallest absolute Gasteiger partial charge is 0.0236 e.